The average molecular weight is 309 g/mol. The summed E-state index contributed by atoms with van der Waals surface area (Å²) in [5, 5.41) is 7.57. The van der Waals surface area contributed by atoms with E-state index in [0.29, 0.717) is 0 Å². The van der Waals surface area contributed by atoms with Gasteiger partial charge in [-0.3, -0.25) is 0 Å². The molecule has 0 amide bonds. The summed E-state index contributed by atoms with van der Waals surface area (Å²) >= 11 is 0. The Balaban J connectivity index is 2.31. The molecule has 0 aliphatic heterocycles. The van der Waals surface area contributed by atoms with Gasteiger partial charge in [0.2, 0.25) is 0 Å². The molecule has 1 heteroatoms. The first-order valence-corrected chi connectivity index (χ1v) is 8.13. The minimum absolute atomic E-state index is 0.956. The van der Waals surface area contributed by atoms with Crippen LogP contribution in [0.3, 0.4) is 0 Å². The Bertz CT molecular complexity index is 1130. The Labute approximate surface area is 141 Å². The molecule has 0 spiro atoms. The smallest absolute Gasteiger partial charge is 0.00176 e. The van der Waals surface area contributed by atoms with E-state index in [1.165, 1.54) is 37.9 Å². The third-order valence-corrected chi connectivity index (χ3v) is 4.80. The minimum atomic E-state index is 0.956. The standard InChI is InChI=1S/C23H19N/c1-3-16(14-24)21-13-23-18-9-5-4-8-17(18)15(2)12-22(23)20-11-7-6-10-19(20)21/h3-14H,1,24H2,2H3/b16-14+. The van der Waals surface area contributed by atoms with Crippen LogP contribution < -0.4 is 5.73 Å². The Morgan fingerprint density at radius 1 is 0.792 bits per heavy atom. The molecule has 24 heavy (non-hydrogen) atoms. The minimum Gasteiger partial charge on any atom is -0.404 e. The molecule has 0 unspecified atom stereocenters. The highest BCUT2D eigenvalue weighted by Crippen LogP contribution is 2.37. The second-order valence-electron chi connectivity index (χ2n) is 6.13. The van der Waals surface area contributed by atoms with Gasteiger partial charge in [-0.25, -0.2) is 0 Å². The molecule has 0 heterocycles. The SMILES string of the molecule is C=C/C(=C\N)c1cc2c3ccccc3c(C)cc2c2ccccc12. The summed E-state index contributed by atoms with van der Waals surface area (Å²) in [6.07, 6.45) is 3.46. The lowest BCUT2D eigenvalue weighted by atomic mass is 9.89. The van der Waals surface area contributed by atoms with Gasteiger partial charge < -0.3 is 5.73 Å². The van der Waals surface area contributed by atoms with Crippen molar-refractivity contribution in [3.63, 3.8) is 0 Å². The van der Waals surface area contributed by atoms with Crippen molar-refractivity contribution in [3.05, 3.63) is 90.6 Å². The van der Waals surface area contributed by atoms with E-state index in [1.807, 2.05) is 6.08 Å². The van der Waals surface area contributed by atoms with Gasteiger partial charge in [0.25, 0.3) is 0 Å². The molecule has 116 valence electrons. The van der Waals surface area contributed by atoms with E-state index >= 15 is 0 Å². The summed E-state index contributed by atoms with van der Waals surface area (Å²) in [5.74, 6) is 0. The van der Waals surface area contributed by atoms with Gasteiger partial charge in [-0.05, 0) is 62.0 Å². The fraction of sp³-hybridized carbons (Fsp3) is 0.0435. The molecule has 0 saturated carbocycles. The summed E-state index contributed by atoms with van der Waals surface area (Å²) in [7, 11) is 0. The van der Waals surface area contributed by atoms with Gasteiger partial charge in [-0.15, -0.1) is 0 Å². The maximum Gasteiger partial charge on any atom is 0.00176 e. The van der Waals surface area contributed by atoms with Gasteiger partial charge in [-0.2, -0.15) is 0 Å². The van der Waals surface area contributed by atoms with Crippen LogP contribution in [-0.2, 0) is 0 Å². The first kappa shape index (κ1) is 14.5. The average Bonchev–Trinajstić information content (AvgIpc) is 2.64. The Morgan fingerprint density at radius 2 is 1.33 bits per heavy atom. The van der Waals surface area contributed by atoms with E-state index < -0.39 is 0 Å². The first-order chi connectivity index (χ1) is 11.7. The van der Waals surface area contributed by atoms with Crippen LogP contribution >= 0.6 is 0 Å². The molecule has 0 aliphatic carbocycles. The fourth-order valence-electron chi connectivity index (χ4n) is 3.64. The Kier molecular flexibility index (Phi) is 3.35. The number of hydrogen-bond donors (Lipinski definition) is 1. The van der Waals surface area contributed by atoms with Gasteiger partial charge in [0.15, 0.2) is 0 Å². The molecule has 0 aliphatic rings. The maximum absolute atomic E-state index is 5.85. The number of allylic oxidation sites excluding steroid dienone is 2. The highest BCUT2D eigenvalue weighted by molar-refractivity contribution is 6.20. The number of nitrogens with two attached hydrogens (primary N) is 1. The summed E-state index contributed by atoms with van der Waals surface area (Å²) in [6, 6.07) is 21.6. The lowest BCUT2D eigenvalue weighted by molar-refractivity contribution is 1.55. The molecule has 0 fully saturated rings. The molecule has 0 radical (unpaired) electrons. The number of rotatable bonds is 2. The predicted octanol–water partition coefficient (Wildman–Crippen LogP) is 5.94. The van der Waals surface area contributed by atoms with Crippen LogP contribution in [0.4, 0.5) is 0 Å². The predicted molar refractivity (Wildman–Crippen MR) is 106 cm³/mol. The number of hydrogen-bond acceptors (Lipinski definition) is 1. The van der Waals surface area contributed by atoms with Crippen molar-refractivity contribution in [2.75, 3.05) is 0 Å². The molecule has 0 aromatic heterocycles. The van der Waals surface area contributed by atoms with Crippen LogP contribution in [0.5, 0.6) is 0 Å². The zero-order valence-electron chi connectivity index (χ0n) is 13.7. The maximum atomic E-state index is 5.85. The van der Waals surface area contributed by atoms with Crippen molar-refractivity contribution in [2.45, 2.75) is 6.92 Å². The molecule has 4 aromatic carbocycles. The monoisotopic (exact) mass is 309 g/mol. The normalized spacial score (nSPS) is 12.1. The van der Waals surface area contributed by atoms with E-state index in [2.05, 4.69) is 74.2 Å². The second kappa shape index (κ2) is 5.54. The zero-order valence-corrected chi connectivity index (χ0v) is 13.7. The van der Waals surface area contributed by atoms with Crippen molar-refractivity contribution >= 4 is 37.9 Å². The van der Waals surface area contributed by atoms with Gasteiger partial charge in [0, 0.05) is 6.20 Å². The van der Waals surface area contributed by atoms with E-state index in [9.17, 15) is 0 Å². The van der Waals surface area contributed by atoms with Gasteiger partial charge in [0.05, 0.1) is 0 Å². The van der Waals surface area contributed by atoms with Crippen molar-refractivity contribution < 1.29 is 0 Å². The lowest BCUT2D eigenvalue weighted by Crippen LogP contribution is -1.91. The van der Waals surface area contributed by atoms with Crippen LogP contribution in [0.15, 0.2) is 79.5 Å². The van der Waals surface area contributed by atoms with Crippen molar-refractivity contribution in [3.8, 4) is 0 Å². The summed E-state index contributed by atoms with van der Waals surface area (Å²) < 4.78 is 0. The summed E-state index contributed by atoms with van der Waals surface area (Å²) in [5.41, 5.74) is 9.24. The molecular formula is C23H19N. The zero-order chi connectivity index (χ0) is 16.7. The number of aryl methyl sites for hydroxylation is 1. The molecule has 0 bridgehead atoms. The highest BCUT2D eigenvalue weighted by Gasteiger charge is 2.11. The third kappa shape index (κ3) is 2.02. The summed E-state index contributed by atoms with van der Waals surface area (Å²) in [6.45, 7) is 6.10. The topological polar surface area (TPSA) is 26.0 Å². The highest BCUT2D eigenvalue weighted by atomic mass is 14.5. The molecule has 0 saturated heterocycles. The van der Waals surface area contributed by atoms with Crippen molar-refractivity contribution in [1.82, 2.24) is 0 Å². The fourth-order valence-corrected chi connectivity index (χ4v) is 3.64. The van der Waals surface area contributed by atoms with Gasteiger partial charge in [-0.1, -0.05) is 67.3 Å². The van der Waals surface area contributed by atoms with Crippen molar-refractivity contribution in [2.24, 2.45) is 5.73 Å². The second-order valence-corrected chi connectivity index (χ2v) is 6.13. The van der Waals surface area contributed by atoms with E-state index in [4.69, 9.17) is 5.73 Å². The van der Waals surface area contributed by atoms with Crippen LogP contribution in [-0.4, -0.2) is 0 Å². The largest absolute Gasteiger partial charge is 0.404 e. The lowest BCUT2D eigenvalue weighted by Gasteiger charge is -2.14. The quantitative estimate of drug-likeness (QED) is 0.360. The third-order valence-electron chi connectivity index (χ3n) is 4.80. The van der Waals surface area contributed by atoms with E-state index in [1.54, 1.807) is 6.20 Å². The molecular weight excluding hydrogens is 290 g/mol. The molecule has 0 atom stereocenters. The number of benzene rings is 4. The molecule has 4 aromatic rings. The molecule has 1 nitrogen and oxygen atoms in total. The van der Waals surface area contributed by atoms with Gasteiger partial charge >= 0.3 is 0 Å². The van der Waals surface area contributed by atoms with Gasteiger partial charge in [0.1, 0.15) is 0 Å². The first-order valence-electron chi connectivity index (χ1n) is 8.13. The molecule has 4 rings (SSSR count). The van der Waals surface area contributed by atoms with E-state index in [-0.39, 0.29) is 0 Å². The van der Waals surface area contributed by atoms with Crippen LogP contribution in [0, 0.1) is 6.92 Å². The summed E-state index contributed by atoms with van der Waals surface area (Å²) in [4.78, 5) is 0. The van der Waals surface area contributed by atoms with Crippen LogP contribution in [0.1, 0.15) is 11.1 Å². The number of fused-ring (bicyclic) bond motifs is 5. The van der Waals surface area contributed by atoms with Crippen LogP contribution in [0.25, 0.3) is 37.9 Å². The molecule has 2 N–H and O–H groups in total. The van der Waals surface area contributed by atoms with Crippen LogP contribution in [0.2, 0.25) is 0 Å². The van der Waals surface area contributed by atoms with Crippen molar-refractivity contribution in [1.29, 1.82) is 0 Å². The Morgan fingerprint density at radius 3 is 1.96 bits per heavy atom. The Hall–Kier alpha value is -3.06. The van der Waals surface area contributed by atoms with E-state index in [0.717, 1.165) is 11.1 Å².